The van der Waals surface area contributed by atoms with Crippen molar-refractivity contribution in [2.24, 2.45) is 0 Å². The molecular formula is C75H84N18O18. The van der Waals surface area contributed by atoms with Gasteiger partial charge in [-0.15, -0.1) is 0 Å². The summed E-state index contributed by atoms with van der Waals surface area (Å²) in [5.41, 5.74) is 5.57. The molecule has 0 bridgehead atoms. The van der Waals surface area contributed by atoms with E-state index in [0.29, 0.717) is 170 Å². The lowest BCUT2D eigenvalue weighted by Crippen LogP contribution is -2.40. The Bertz CT molecular complexity index is 4140. The van der Waals surface area contributed by atoms with E-state index in [9.17, 15) is 58.9 Å². The van der Waals surface area contributed by atoms with E-state index in [4.69, 9.17) is 42.6 Å². The number of pyridine rings is 6. The minimum absolute atomic E-state index is 0.112. The number of rotatable bonds is 27. The Labute approximate surface area is 638 Å². The number of amides is 9. The number of hydrogen-bond acceptors (Lipinski definition) is 27. The van der Waals surface area contributed by atoms with Crippen molar-refractivity contribution in [2.75, 3.05) is 152 Å². The van der Waals surface area contributed by atoms with Crippen LogP contribution in [0.2, 0.25) is 0 Å². The predicted molar refractivity (Wildman–Crippen MR) is 394 cm³/mol. The SMILES string of the molecule is COCCOc1cc(NC(=O)N2CCCc3cc(CN4CCC(OC)C4=O)c(C=O)nc32)ncc1C#N.COCCOc1cc(NC(=O)N2CCCc3cc(CN4CC[C@@H](OC)C4=O)c(C=O)nc32)ncc1C#N.COCCOc1cc(NC(=O)N2CCCc3cc(CN4CC[C@H](OC)C4=O)c(C=O)nc32)ncc1C#N. The lowest BCUT2D eigenvalue weighted by atomic mass is 10.0. The first-order valence-electron chi connectivity index (χ1n) is 35.7. The van der Waals surface area contributed by atoms with Crippen LogP contribution in [0.5, 0.6) is 17.2 Å². The van der Waals surface area contributed by atoms with Gasteiger partial charge in [0.1, 0.15) is 142 Å². The van der Waals surface area contributed by atoms with Crippen LogP contribution in [-0.4, -0.2) is 239 Å². The summed E-state index contributed by atoms with van der Waals surface area (Å²) in [5.74, 6) is 2.29. The van der Waals surface area contributed by atoms with Gasteiger partial charge in [-0.3, -0.25) is 59.4 Å². The summed E-state index contributed by atoms with van der Waals surface area (Å²) < 4.78 is 47.3. The first kappa shape index (κ1) is 81.3. The molecule has 111 heavy (non-hydrogen) atoms. The summed E-state index contributed by atoms with van der Waals surface area (Å²) >= 11 is 0. The van der Waals surface area contributed by atoms with Crippen LogP contribution in [-0.2, 0) is 81.7 Å². The molecule has 6 aromatic rings. The molecule has 3 saturated heterocycles. The van der Waals surface area contributed by atoms with Gasteiger partial charge >= 0.3 is 18.1 Å². The van der Waals surface area contributed by atoms with Gasteiger partial charge < -0.3 is 57.3 Å². The number of methoxy groups -OCH3 is 6. The van der Waals surface area contributed by atoms with Gasteiger partial charge in [0.25, 0.3) is 17.7 Å². The van der Waals surface area contributed by atoms with Crippen molar-refractivity contribution >= 4 is 89.6 Å². The van der Waals surface area contributed by atoms with E-state index >= 15 is 0 Å². The molecule has 0 aromatic carbocycles. The van der Waals surface area contributed by atoms with Crippen molar-refractivity contribution < 1.29 is 85.8 Å². The number of carbonyl (C=O) groups excluding carboxylic acids is 9. The highest BCUT2D eigenvalue weighted by Gasteiger charge is 2.37. The molecule has 0 spiro atoms. The lowest BCUT2D eigenvalue weighted by molar-refractivity contribution is -0.137. The first-order valence-corrected chi connectivity index (χ1v) is 35.7. The predicted octanol–water partition coefficient (Wildman–Crippen LogP) is 5.75. The zero-order valence-electron chi connectivity index (χ0n) is 62.2. The third kappa shape index (κ3) is 19.8. The summed E-state index contributed by atoms with van der Waals surface area (Å²) in [6.07, 6.45) is 10.4. The fraction of sp³-hybridized carbons (Fsp3) is 0.440. The van der Waals surface area contributed by atoms with Crippen molar-refractivity contribution in [3.05, 3.63) is 122 Å². The zero-order chi connectivity index (χ0) is 79.1. The molecule has 12 heterocycles. The average molecular weight is 1530 g/mol. The maximum absolute atomic E-state index is 13.2. The minimum atomic E-state index is -0.476. The highest BCUT2D eigenvalue weighted by Crippen LogP contribution is 2.35. The topological polar surface area (TPSA) is 441 Å². The average Bonchev–Trinajstić information content (AvgIpc) is 1.57. The molecule has 36 heteroatoms. The van der Waals surface area contributed by atoms with E-state index < -0.39 is 36.4 Å². The molecule has 3 N–H and O–H groups in total. The standard InChI is InChI=1S/3C25H28N6O6/c3*1-35-8-9-37-21-11-22(27-13-18(21)12-26)29-25(34)31-6-3-4-16-10-17(19(15-32)28-23(16)31)14-30-7-5-20(36-2)24(30)33/h3*10-11,13,15,20H,3-9,14H2,1-2H3,(H,27,29,34)/t2*20-;/m10./s1. The molecule has 6 aromatic heterocycles. The Morgan fingerprint density at radius 1 is 0.432 bits per heavy atom. The van der Waals surface area contributed by atoms with Crippen molar-refractivity contribution in [1.82, 2.24) is 44.6 Å². The van der Waals surface area contributed by atoms with Crippen molar-refractivity contribution in [3.63, 3.8) is 0 Å². The third-order valence-corrected chi connectivity index (χ3v) is 18.9. The fourth-order valence-corrected chi connectivity index (χ4v) is 13.2. The molecule has 582 valence electrons. The van der Waals surface area contributed by atoms with E-state index in [1.165, 1.54) is 72.8 Å². The van der Waals surface area contributed by atoms with E-state index in [-0.39, 0.29) is 126 Å². The number of aldehydes is 3. The number of aromatic nitrogens is 6. The maximum atomic E-state index is 13.2. The van der Waals surface area contributed by atoms with Crippen LogP contribution in [0.1, 0.15) is 120 Å². The minimum Gasteiger partial charge on any atom is -0.490 e. The molecule has 6 aliphatic rings. The quantitative estimate of drug-likeness (QED) is 0.0408. The number of nitrogens with zero attached hydrogens (tertiary/aromatic N) is 15. The van der Waals surface area contributed by atoms with E-state index in [1.807, 2.05) is 36.4 Å². The second-order valence-electron chi connectivity index (χ2n) is 25.8. The van der Waals surface area contributed by atoms with E-state index in [1.54, 1.807) is 36.0 Å². The maximum Gasteiger partial charge on any atom is 0.328 e. The Balaban J connectivity index is 0.000000177. The number of aryl methyl sites for hydroxylation is 3. The number of hydrogen-bond donors (Lipinski definition) is 3. The number of anilines is 6. The summed E-state index contributed by atoms with van der Waals surface area (Å²) in [6, 6.07) is 14.6. The van der Waals surface area contributed by atoms with Gasteiger partial charge in [0.15, 0.2) is 18.9 Å². The van der Waals surface area contributed by atoms with Gasteiger partial charge in [-0.1, -0.05) is 0 Å². The van der Waals surface area contributed by atoms with Gasteiger partial charge in [0, 0.05) is 156 Å². The molecule has 12 rings (SSSR count). The summed E-state index contributed by atoms with van der Waals surface area (Å²) in [4.78, 5) is 148. The highest BCUT2D eigenvalue weighted by molar-refractivity contribution is 6.04. The summed E-state index contributed by atoms with van der Waals surface area (Å²) in [7, 11) is 9.14. The number of nitrogens with one attached hydrogen (secondary N) is 3. The van der Waals surface area contributed by atoms with Crippen LogP contribution >= 0.6 is 0 Å². The molecule has 1 unspecified atom stereocenters. The first-order chi connectivity index (χ1) is 53.9. The zero-order valence-corrected chi connectivity index (χ0v) is 62.2. The molecule has 36 nitrogen and oxygen atoms in total. The Hall–Kier alpha value is -12.2. The van der Waals surface area contributed by atoms with Crippen LogP contribution in [0.15, 0.2) is 55.0 Å². The van der Waals surface area contributed by atoms with Crippen LogP contribution in [0.4, 0.5) is 49.3 Å². The van der Waals surface area contributed by atoms with Crippen LogP contribution in [0.3, 0.4) is 0 Å². The summed E-state index contributed by atoms with van der Waals surface area (Å²) in [5, 5.41) is 36.1. The number of nitriles is 3. The van der Waals surface area contributed by atoms with Crippen LogP contribution in [0, 0.1) is 34.0 Å². The normalized spacial score (nSPS) is 16.8. The second-order valence-corrected chi connectivity index (χ2v) is 25.8. The molecule has 0 radical (unpaired) electrons. The molecule has 3 atom stereocenters. The number of likely N-dealkylation sites (tertiary alicyclic amines) is 3. The molecule has 6 aliphatic heterocycles. The number of fused-ring (bicyclic) bond motifs is 3. The Kier molecular flexibility index (Phi) is 28.7. The smallest absolute Gasteiger partial charge is 0.328 e. The van der Waals surface area contributed by atoms with E-state index in [2.05, 4.69) is 45.9 Å². The van der Waals surface area contributed by atoms with E-state index in [0.717, 1.165) is 16.7 Å². The Morgan fingerprint density at radius 2 is 0.712 bits per heavy atom. The van der Waals surface area contributed by atoms with Gasteiger partial charge in [0.05, 0.1) is 38.4 Å². The molecule has 0 saturated carbocycles. The molecule has 9 amide bonds. The van der Waals surface area contributed by atoms with Gasteiger partial charge in [-0.05, 0) is 73.4 Å². The number of carbonyl (C=O) groups is 9. The van der Waals surface area contributed by atoms with Gasteiger partial charge in [-0.2, -0.15) is 15.8 Å². The van der Waals surface area contributed by atoms with Crippen molar-refractivity contribution in [2.45, 2.75) is 95.7 Å². The number of ether oxygens (including phenoxy) is 9. The summed E-state index contributed by atoms with van der Waals surface area (Å²) in [6.45, 7) is 5.28. The highest BCUT2D eigenvalue weighted by atomic mass is 16.5. The fourth-order valence-electron chi connectivity index (χ4n) is 13.2. The second kappa shape index (κ2) is 39.2. The van der Waals surface area contributed by atoms with Crippen LogP contribution < -0.4 is 44.9 Å². The third-order valence-electron chi connectivity index (χ3n) is 18.9. The molecular weight excluding hydrogens is 1440 g/mol. The van der Waals surface area contributed by atoms with Crippen LogP contribution in [0.25, 0.3) is 0 Å². The molecule has 0 aliphatic carbocycles. The Morgan fingerprint density at radius 3 is 0.946 bits per heavy atom. The van der Waals surface area contributed by atoms with Gasteiger partial charge in [-0.25, -0.2) is 44.3 Å². The number of urea groups is 3. The monoisotopic (exact) mass is 1520 g/mol. The van der Waals surface area contributed by atoms with Crippen molar-refractivity contribution in [3.8, 4) is 35.5 Å². The van der Waals surface area contributed by atoms with Gasteiger partial charge in [0.2, 0.25) is 0 Å². The largest absolute Gasteiger partial charge is 0.490 e. The lowest BCUT2D eigenvalue weighted by Gasteiger charge is -2.29. The van der Waals surface area contributed by atoms with Crippen molar-refractivity contribution in [1.29, 1.82) is 15.8 Å². The molecule has 3 fully saturated rings.